The Morgan fingerprint density at radius 1 is 1.19 bits per heavy atom. The van der Waals surface area contributed by atoms with Gasteiger partial charge in [0.2, 0.25) is 0 Å². The van der Waals surface area contributed by atoms with Gasteiger partial charge in [0.05, 0.1) is 19.2 Å². The molecule has 0 aliphatic rings. The number of benzene rings is 2. The molecule has 0 saturated heterocycles. The van der Waals surface area contributed by atoms with Crippen molar-refractivity contribution < 1.29 is 9.53 Å². The summed E-state index contributed by atoms with van der Waals surface area (Å²) in [6.45, 7) is 1.86. The van der Waals surface area contributed by atoms with Crippen molar-refractivity contribution in [3.63, 3.8) is 0 Å². The fourth-order valence-electron chi connectivity index (χ4n) is 3.22. The van der Waals surface area contributed by atoms with Crippen molar-refractivity contribution in [1.29, 1.82) is 0 Å². The van der Waals surface area contributed by atoms with Crippen LogP contribution in [0.3, 0.4) is 0 Å². The number of Topliss-reactive ketones (excluding diaryl/α,β-unsaturated/α-hetero) is 1. The van der Waals surface area contributed by atoms with E-state index in [1.54, 1.807) is 23.8 Å². The molecule has 4 aromatic rings. The van der Waals surface area contributed by atoms with Gasteiger partial charge in [0.1, 0.15) is 10.4 Å². The van der Waals surface area contributed by atoms with Crippen LogP contribution in [-0.2, 0) is 12.3 Å². The van der Waals surface area contributed by atoms with Gasteiger partial charge in [-0.1, -0.05) is 41.6 Å². The second-order valence-corrected chi connectivity index (χ2v) is 9.15. The number of fused-ring (bicyclic) bond motifs is 1. The normalized spacial score (nSPS) is 11.1. The topological polar surface area (TPSA) is 61.2 Å². The second-order valence-electron chi connectivity index (χ2n) is 6.88. The third-order valence-corrected chi connectivity index (χ3v) is 7.15. The number of aromatic nitrogens is 2. The number of rotatable bonds is 7. The third-order valence-electron chi connectivity index (χ3n) is 4.86. The lowest BCUT2D eigenvalue weighted by atomic mass is 10.1. The Labute approximate surface area is 192 Å². The zero-order valence-electron chi connectivity index (χ0n) is 16.9. The summed E-state index contributed by atoms with van der Waals surface area (Å²) in [6.07, 6.45) is 0. The number of hydrogen-bond donors (Lipinski definition) is 0. The molecular weight excluding hydrogens is 452 g/mol. The molecule has 158 valence electrons. The van der Waals surface area contributed by atoms with E-state index in [1.807, 2.05) is 41.8 Å². The number of thioether (sulfide) groups is 1. The van der Waals surface area contributed by atoms with Crippen LogP contribution in [0, 0.1) is 0 Å². The van der Waals surface area contributed by atoms with Crippen LogP contribution in [0.1, 0.15) is 28.4 Å². The molecule has 4 rings (SSSR count). The van der Waals surface area contributed by atoms with E-state index in [1.165, 1.54) is 30.0 Å². The minimum absolute atomic E-state index is 0.0117. The van der Waals surface area contributed by atoms with Crippen LogP contribution >= 0.6 is 34.7 Å². The van der Waals surface area contributed by atoms with Crippen molar-refractivity contribution in [1.82, 2.24) is 9.55 Å². The number of carbonyl (C=O) groups excluding carboxylic acids is 1. The summed E-state index contributed by atoms with van der Waals surface area (Å²) in [6, 6.07) is 14.7. The van der Waals surface area contributed by atoms with Gasteiger partial charge in [-0.25, -0.2) is 4.98 Å². The number of ether oxygens (including phenoxy) is 1. The summed E-state index contributed by atoms with van der Waals surface area (Å²) < 4.78 is 7.74. The summed E-state index contributed by atoms with van der Waals surface area (Å²) in [5.41, 5.74) is 2.92. The van der Waals surface area contributed by atoms with E-state index in [0.717, 1.165) is 11.1 Å². The maximum absolute atomic E-state index is 13.2. The van der Waals surface area contributed by atoms with Crippen molar-refractivity contribution in [2.45, 2.75) is 24.4 Å². The first kappa shape index (κ1) is 21.6. The van der Waals surface area contributed by atoms with Crippen molar-refractivity contribution in [2.24, 2.45) is 0 Å². The van der Waals surface area contributed by atoms with E-state index in [0.29, 0.717) is 44.0 Å². The van der Waals surface area contributed by atoms with Crippen LogP contribution < -0.4 is 10.3 Å². The van der Waals surface area contributed by atoms with E-state index in [9.17, 15) is 9.59 Å². The second kappa shape index (κ2) is 9.26. The highest BCUT2D eigenvalue weighted by molar-refractivity contribution is 7.98. The zero-order chi connectivity index (χ0) is 22.0. The molecule has 0 aliphatic heterocycles. The standard InChI is InChI=1S/C23H19ClN2O3S2/c1-14(27)15-7-8-20(29-2)17(11-15)13-31-23-25-19-9-10-30-21(19)22(28)26(23)12-16-5-3-4-6-18(16)24/h3-11H,12-13H2,1-2H3. The van der Waals surface area contributed by atoms with Gasteiger partial charge in [-0.3, -0.25) is 14.2 Å². The average Bonchev–Trinajstić information content (AvgIpc) is 3.24. The molecule has 0 amide bonds. The first-order chi connectivity index (χ1) is 15.0. The Balaban J connectivity index is 1.74. The molecule has 31 heavy (non-hydrogen) atoms. The first-order valence-corrected chi connectivity index (χ1v) is 11.7. The van der Waals surface area contributed by atoms with Crippen LogP contribution in [0.5, 0.6) is 5.75 Å². The molecule has 0 bridgehead atoms. The summed E-state index contributed by atoms with van der Waals surface area (Å²) in [4.78, 5) is 29.8. The fraction of sp³-hybridized carbons (Fsp3) is 0.174. The predicted octanol–water partition coefficient (Wildman–Crippen LogP) is 5.66. The quantitative estimate of drug-likeness (QED) is 0.198. The molecule has 5 nitrogen and oxygen atoms in total. The van der Waals surface area contributed by atoms with Gasteiger partial charge in [0.15, 0.2) is 10.9 Å². The molecule has 2 heterocycles. The number of halogens is 1. The average molecular weight is 471 g/mol. The van der Waals surface area contributed by atoms with Crippen molar-refractivity contribution >= 4 is 50.7 Å². The van der Waals surface area contributed by atoms with Crippen molar-refractivity contribution in [2.75, 3.05) is 7.11 Å². The van der Waals surface area contributed by atoms with Gasteiger partial charge >= 0.3 is 0 Å². The number of methoxy groups -OCH3 is 1. The van der Waals surface area contributed by atoms with Gasteiger partial charge in [-0.15, -0.1) is 11.3 Å². The molecule has 0 saturated carbocycles. The fourth-order valence-corrected chi connectivity index (χ4v) is 5.17. The van der Waals surface area contributed by atoms with Gasteiger partial charge in [-0.2, -0.15) is 0 Å². The lowest BCUT2D eigenvalue weighted by molar-refractivity contribution is 0.101. The highest BCUT2D eigenvalue weighted by Crippen LogP contribution is 2.30. The SMILES string of the molecule is COc1ccc(C(C)=O)cc1CSc1nc2ccsc2c(=O)n1Cc1ccccc1Cl. The molecule has 2 aromatic heterocycles. The predicted molar refractivity (Wildman–Crippen MR) is 127 cm³/mol. The number of ketones is 1. The van der Waals surface area contributed by atoms with E-state index in [4.69, 9.17) is 21.3 Å². The Hall–Kier alpha value is -2.61. The van der Waals surface area contributed by atoms with Gasteiger partial charge in [-0.05, 0) is 48.2 Å². The molecule has 0 aliphatic carbocycles. The van der Waals surface area contributed by atoms with E-state index >= 15 is 0 Å². The van der Waals surface area contributed by atoms with E-state index in [-0.39, 0.29) is 11.3 Å². The van der Waals surface area contributed by atoms with Gasteiger partial charge in [0.25, 0.3) is 5.56 Å². The van der Waals surface area contributed by atoms with Crippen LogP contribution in [-0.4, -0.2) is 22.4 Å². The summed E-state index contributed by atoms with van der Waals surface area (Å²) in [5, 5.41) is 3.06. The number of hydrogen-bond acceptors (Lipinski definition) is 6. The third kappa shape index (κ3) is 4.54. The summed E-state index contributed by atoms with van der Waals surface area (Å²) >= 11 is 9.16. The lowest BCUT2D eigenvalue weighted by Crippen LogP contribution is -2.23. The highest BCUT2D eigenvalue weighted by Gasteiger charge is 2.16. The van der Waals surface area contributed by atoms with Crippen LogP contribution in [0.2, 0.25) is 5.02 Å². The molecule has 0 radical (unpaired) electrons. The monoisotopic (exact) mass is 470 g/mol. The number of thiophene rings is 1. The molecule has 0 spiro atoms. The maximum Gasteiger partial charge on any atom is 0.272 e. The number of nitrogens with zero attached hydrogens (tertiary/aromatic N) is 2. The Bertz CT molecular complexity index is 1330. The Morgan fingerprint density at radius 2 is 2.00 bits per heavy atom. The molecular formula is C23H19ClN2O3S2. The van der Waals surface area contributed by atoms with Crippen LogP contribution in [0.25, 0.3) is 10.2 Å². The Morgan fingerprint density at radius 3 is 2.74 bits per heavy atom. The number of carbonyl (C=O) groups is 1. The summed E-state index contributed by atoms with van der Waals surface area (Å²) in [5.74, 6) is 1.17. The van der Waals surface area contributed by atoms with Crippen LogP contribution in [0.4, 0.5) is 0 Å². The van der Waals surface area contributed by atoms with E-state index in [2.05, 4.69) is 0 Å². The molecule has 0 N–H and O–H groups in total. The van der Waals surface area contributed by atoms with E-state index < -0.39 is 0 Å². The first-order valence-electron chi connectivity index (χ1n) is 9.50. The van der Waals surface area contributed by atoms with Crippen molar-refractivity contribution in [3.8, 4) is 5.75 Å². The minimum Gasteiger partial charge on any atom is -0.496 e. The van der Waals surface area contributed by atoms with Crippen molar-refractivity contribution in [3.05, 3.63) is 86.0 Å². The molecule has 0 unspecified atom stereocenters. The van der Waals surface area contributed by atoms with Gasteiger partial charge < -0.3 is 4.74 Å². The molecule has 0 atom stereocenters. The lowest BCUT2D eigenvalue weighted by Gasteiger charge is -2.14. The van der Waals surface area contributed by atoms with Crippen LogP contribution in [0.15, 0.2) is 63.9 Å². The largest absolute Gasteiger partial charge is 0.496 e. The molecule has 0 fully saturated rings. The molecule has 8 heteroatoms. The zero-order valence-corrected chi connectivity index (χ0v) is 19.3. The summed E-state index contributed by atoms with van der Waals surface area (Å²) in [7, 11) is 1.60. The minimum atomic E-state index is -0.0909. The maximum atomic E-state index is 13.2. The highest BCUT2D eigenvalue weighted by atomic mass is 35.5. The molecule has 2 aromatic carbocycles. The smallest absolute Gasteiger partial charge is 0.272 e. The van der Waals surface area contributed by atoms with Gasteiger partial charge in [0, 0.05) is 21.9 Å². The Kier molecular flexibility index (Phi) is 6.46.